The summed E-state index contributed by atoms with van der Waals surface area (Å²) in [6, 6.07) is 1.03. The third-order valence-corrected chi connectivity index (χ3v) is 9.20. The predicted octanol–water partition coefficient (Wildman–Crippen LogP) is 2.79. The number of carbonyl (C=O) groups is 2. The van der Waals surface area contributed by atoms with E-state index in [1.807, 2.05) is 18.8 Å². The Bertz CT molecular complexity index is 612. The predicted molar refractivity (Wildman–Crippen MR) is 118 cm³/mol. The normalized spacial score (nSPS) is 43.0. The molecule has 6 nitrogen and oxygen atoms in total. The smallest absolute Gasteiger partial charge is 0.315 e. The third-order valence-electron chi connectivity index (χ3n) is 7.92. The van der Waals surface area contributed by atoms with E-state index in [1.165, 1.54) is 6.42 Å². The number of piperidine rings is 2. The summed E-state index contributed by atoms with van der Waals surface area (Å²) in [4.78, 5) is 27.8. The minimum absolute atomic E-state index is 0.0275. The van der Waals surface area contributed by atoms with E-state index in [1.54, 1.807) is 0 Å². The van der Waals surface area contributed by atoms with E-state index in [9.17, 15) is 9.59 Å². The van der Waals surface area contributed by atoms with Crippen LogP contribution >= 0.6 is 11.8 Å². The number of carbonyl (C=O) groups excluding carboxylic acids is 2. The van der Waals surface area contributed by atoms with E-state index in [-0.39, 0.29) is 23.4 Å². The van der Waals surface area contributed by atoms with Gasteiger partial charge in [0.05, 0.1) is 5.37 Å². The van der Waals surface area contributed by atoms with Gasteiger partial charge < -0.3 is 20.9 Å². The van der Waals surface area contributed by atoms with Crippen LogP contribution in [0.4, 0.5) is 4.79 Å². The Hall–Kier alpha value is -0.950. The Kier molecular flexibility index (Phi) is 6.64. The second-order valence-electron chi connectivity index (χ2n) is 9.93. The van der Waals surface area contributed by atoms with Gasteiger partial charge in [-0.25, -0.2) is 4.79 Å². The van der Waals surface area contributed by atoms with Crippen molar-refractivity contribution < 1.29 is 9.59 Å². The lowest BCUT2D eigenvalue weighted by molar-refractivity contribution is -0.148. The van der Waals surface area contributed by atoms with Gasteiger partial charge >= 0.3 is 6.03 Å². The molecule has 0 aromatic carbocycles. The molecular formula is C22H38N4O2S. The summed E-state index contributed by atoms with van der Waals surface area (Å²) < 4.78 is 0. The zero-order valence-electron chi connectivity index (χ0n) is 18.2. The van der Waals surface area contributed by atoms with E-state index in [0.29, 0.717) is 35.7 Å². The standard InChI is InChI=1S/C22H38N4O2S/c1-13-6-7-16(24-22(28)25-20-5-4-8-29-20)11-17(13)18-10-15-12-23-14(2)9-19(15)26(3)21(18)27/h13-20,23H,4-12H2,1-3H3,(H2,24,25,28). The summed E-state index contributed by atoms with van der Waals surface area (Å²) in [5.74, 6) is 3.04. The number of urea groups is 1. The maximum absolute atomic E-state index is 13.3. The van der Waals surface area contributed by atoms with Gasteiger partial charge in [-0.1, -0.05) is 6.92 Å². The maximum Gasteiger partial charge on any atom is 0.315 e. The number of nitrogens with one attached hydrogen (secondary N) is 3. The van der Waals surface area contributed by atoms with Gasteiger partial charge in [-0.3, -0.25) is 4.79 Å². The Labute approximate surface area is 179 Å². The average molecular weight is 423 g/mol. The van der Waals surface area contributed by atoms with Crippen molar-refractivity contribution in [2.75, 3.05) is 19.3 Å². The molecule has 0 spiro atoms. The molecule has 0 bridgehead atoms. The Morgan fingerprint density at radius 2 is 1.97 bits per heavy atom. The SMILES string of the molecule is CC1CC2C(CN1)CC(C1CC(NC(=O)NC3CCCS3)CCC1C)C(=O)N2C. The molecule has 1 aliphatic carbocycles. The van der Waals surface area contributed by atoms with Crippen molar-refractivity contribution in [3.05, 3.63) is 0 Å². The highest BCUT2D eigenvalue weighted by molar-refractivity contribution is 8.00. The highest BCUT2D eigenvalue weighted by Crippen LogP contribution is 2.43. The van der Waals surface area contributed by atoms with E-state index < -0.39 is 0 Å². The molecule has 4 aliphatic rings. The molecule has 0 aromatic rings. The summed E-state index contributed by atoms with van der Waals surface area (Å²) in [6.07, 6.45) is 7.35. The highest BCUT2D eigenvalue weighted by atomic mass is 32.2. The number of amides is 3. The van der Waals surface area contributed by atoms with Crippen molar-refractivity contribution in [1.82, 2.24) is 20.9 Å². The highest BCUT2D eigenvalue weighted by Gasteiger charge is 2.47. The first kappa shape index (κ1) is 21.3. The zero-order valence-corrected chi connectivity index (χ0v) is 19.0. The van der Waals surface area contributed by atoms with Crippen LogP contribution in [0.2, 0.25) is 0 Å². The van der Waals surface area contributed by atoms with Gasteiger partial charge in [-0.15, -0.1) is 11.8 Å². The van der Waals surface area contributed by atoms with Crippen molar-refractivity contribution in [1.29, 1.82) is 0 Å². The van der Waals surface area contributed by atoms with Gasteiger partial charge in [0.2, 0.25) is 5.91 Å². The number of rotatable bonds is 3. The molecule has 29 heavy (non-hydrogen) atoms. The Balaban J connectivity index is 1.37. The lowest BCUT2D eigenvalue weighted by atomic mass is 9.65. The minimum Gasteiger partial charge on any atom is -0.342 e. The summed E-state index contributed by atoms with van der Waals surface area (Å²) >= 11 is 1.84. The van der Waals surface area contributed by atoms with Crippen LogP contribution in [0.3, 0.4) is 0 Å². The second kappa shape index (κ2) is 9.04. The molecular weight excluding hydrogens is 384 g/mol. The van der Waals surface area contributed by atoms with Crippen LogP contribution in [0.5, 0.6) is 0 Å². The number of likely N-dealkylation sites (tertiary alicyclic amines) is 1. The summed E-state index contributed by atoms with van der Waals surface area (Å²) in [5.41, 5.74) is 0. The number of nitrogens with zero attached hydrogens (tertiary/aromatic N) is 1. The van der Waals surface area contributed by atoms with Gasteiger partial charge in [0.1, 0.15) is 0 Å². The zero-order chi connectivity index (χ0) is 20.5. The van der Waals surface area contributed by atoms with Gasteiger partial charge in [-0.2, -0.15) is 0 Å². The van der Waals surface area contributed by atoms with Crippen LogP contribution in [-0.4, -0.2) is 59.7 Å². The van der Waals surface area contributed by atoms with Gasteiger partial charge in [0, 0.05) is 37.6 Å². The molecule has 0 radical (unpaired) electrons. The maximum atomic E-state index is 13.3. The van der Waals surface area contributed by atoms with Gasteiger partial charge in [0.15, 0.2) is 0 Å². The molecule has 3 N–H and O–H groups in total. The van der Waals surface area contributed by atoms with Crippen LogP contribution in [0.1, 0.15) is 58.8 Å². The topological polar surface area (TPSA) is 73.5 Å². The molecule has 8 unspecified atom stereocenters. The first-order chi connectivity index (χ1) is 13.9. The summed E-state index contributed by atoms with van der Waals surface area (Å²) in [6.45, 7) is 5.54. The lowest BCUT2D eigenvalue weighted by Gasteiger charge is -2.50. The minimum atomic E-state index is -0.0275. The molecule has 3 heterocycles. The molecule has 1 saturated carbocycles. The molecule has 3 saturated heterocycles. The fourth-order valence-corrected chi connectivity index (χ4v) is 7.31. The Morgan fingerprint density at radius 3 is 2.72 bits per heavy atom. The van der Waals surface area contributed by atoms with Crippen molar-refractivity contribution in [2.24, 2.45) is 23.7 Å². The third kappa shape index (κ3) is 4.71. The van der Waals surface area contributed by atoms with Crippen molar-refractivity contribution in [3.8, 4) is 0 Å². The lowest BCUT2D eigenvalue weighted by Crippen LogP contribution is -2.60. The quantitative estimate of drug-likeness (QED) is 0.654. The van der Waals surface area contributed by atoms with E-state index in [4.69, 9.17) is 0 Å². The van der Waals surface area contributed by atoms with Crippen molar-refractivity contribution in [2.45, 2.75) is 82.3 Å². The van der Waals surface area contributed by atoms with Crippen molar-refractivity contribution >= 4 is 23.7 Å². The molecule has 3 aliphatic heterocycles. The molecule has 4 rings (SSSR count). The average Bonchev–Trinajstić information content (AvgIpc) is 3.19. The summed E-state index contributed by atoms with van der Waals surface area (Å²) in [7, 11) is 2.01. The molecule has 8 atom stereocenters. The fourth-order valence-electron chi connectivity index (χ4n) is 6.16. The number of hydrogen-bond donors (Lipinski definition) is 3. The van der Waals surface area contributed by atoms with Crippen molar-refractivity contribution in [3.63, 3.8) is 0 Å². The number of thioether (sulfide) groups is 1. The summed E-state index contributed by atoms with van der Waals surface area (Å²) in [5, 5.41) is 10.2. The number of fused-ring (bicyclic) bond motifs is 1. The number of hydrogen-bond acceptors (Lipinski definition) is 4. The molecule has 3 amide bonds. The second-order valence-corrected chi connectivity index (χ2v) is 11.2. The molecule has 164 valence electrons. The first-order valence-corrected chi connectivity index (χ1v) is 12.7. The van der Waals surface area contributed by atoms with Gasteiger partial charge in [0.25, 0.3) is 0 Å². The van der Waals surface area contributed by atoms with E-state index in [0.717, 1.165) is 50.8 Å². The van der Waals surface area contributed by atoms with Crippen LogP contribution in [0.25, 0.3) is 0 Å². The molecule has 0 aromatic heterocycles. The van der Waals surface area contributed by atoms with Crippen LogP contribution in [0.15, 0.2) is 0 Å². The molecule has 7 heteroatoms. The monoisotopic (exact) mass is 422 g/mol. The van der Waals surface area contributed by atoms with Gasteiger partial charge in [-0.05, 0) is 75.4 Å². The van der Waals surface area contributed by atoms with E-state index >= 15 is 0 Å². The van der Waals surface area contributed by atoms with Crippen LogP contribution in [-0.2, 0) is 4.79 Å². The Morgan fingerprint density at radius 1 is 1.14 bits per heavy atom. The van der Waals surface area contributed by atoms with Crippen LogP contribution in [0, 0.1) is 23.7 Å². The molecule has 4 fully saturated rings. The van der Waals surface area contributed by atoms with Crippen LogP contribution < -0.4 is 16.0 Å². The fraction of sp³-hybridized carbons (Fsp3) is 0.909. The first-order valence-electron chi connectivity index (χ1n) is 11.6. The van der Waals surface area contributed by atoms with E-state index in [2.05, 4.69) is 34.7 Å². The largest absolute Gasteiger partial charge is 0.342 e.